The fourth-order valence-corrected chi connectivity index (χ4v) is 12.0. The van der Waals surface area contributed by atoms with E-state index >= 15 is 0 Å². The van der Waals surface area contributed by atoms with Crippen molar-refractivity contribution in [3.63, 3.8) is 0 Å². The first-order chi connectivity index (χ1) is 37.9. The van der Waals surface area contributed by atoms with Gasteiger partial charge in [0.05, 0.1) is 0 Å². The van der Waals surface area contributed by atoms with E-state index in [1.165, 1.54) is 24.3 Å². The number of hydrogen-bond acceptors (Lipinski definition) is 7. The zero-order valence-electron chi connectivity index (χ0n) is 40.5. The predicted molar refractivity (Wildman–Crippen MR) is 307 cm³/mol. The Morgan fingerprint density at radius 3 is 0.909 bits per heavy atom. The molecule has 0 N–H and O–H groups in total. The Morgan fingerprint density at radius 1 is 0.221 bits per heavy atom. The van der Waals surface area contributed by atoms with Gasteiger partial charge < -0.3 is 31.9 Å². The minimum Gasteiger partial charge on any atom is -0.456 e. The van der Waals surface area contributed by atoms with Gasteiger partial charge >= 0.3 is 0 Å². The molecule has 0 aliphatic heterocycles. The van der Waals surface area contributed by atoms with Gasteiger partial charge in [0.15, 0.2) is 0 Å². The fraction of sp³-hybridized carbons (Fsp3) is 0. The molecule has 0 amide bonds. The Morgan fingerprint density at radius 2 is 0.519 bits per heavy atom. The molecule has 0 bridgehead atoms. The summed E-state index contributed by atoms with van der Waals surface area (Å²) in [5.41, 5.74) is 12.3. The van der Waals surface area contributed by atoms with Crippen molar-refractivity contribution in [1.29, 1.82) is 0 Å². The van der Waals surface area contributed by atoms with Crippen LogP contribution in [0.4, 0.5) is 42.9 Å². The highest BCUT2D eigenvalue weighted by molar-refractivity contribution is 6.22. The Hall–Kier alpha value is -10.4. The second-order valence-corrected chi connectivity index (χ2v) is 19.9. The van der Waals surface area contributed by atoms with Crippen molar-refractivity contribution in [2.75, 3.05) is 9.80 Å². The Kier molecular flexibility index (Phi) is 8.50. The summed E-state index contributed by atoms with van der Waals surface area (Å²) < 4.78 is 61.9. The highest BCUT2D eigenvalue weighted by Gasteiger charge is 2.23. The number of rotatable bonds is 6. The van der Waals surface area contributed by atoms with Crippen LogP contribution in [-0.4, -0.2) is 0 Å². The van der Waals surface area contributed by atoms with Crippen LogP contribution < -0.4 is 9.80 Å². The van der Waals surface area contributed by atoms with Gasteiger partial charge in [0, 0.05) is 112 Å². The van der Waals surface area contributed by atoms with Crippen molar-refractivity contribution in [2.24, 2.45) is 0 Å². The molecule has 12 aromatic carbocycles. The number of halogens is 2. The zero-order chi connectivity index (χ0) is 50.6. The number of furan rings is 5. The van der Waals surface area contributed by atoms with Crippen LogP contribution in [0.15, 0.2) is 240 Å². The summed E-state index contributed by atoms with van der Waals surface area (Å²) in [7, 11) is 0. The molecule has 362 valence electrons. The maximum absolute atomic E-state index is 14.4. The smallest absolute Gasteiger partial charge is 0.137 e. The molecule has 0 saturated carbocycles. The molecule has 0 unspecified atom stereocenters. The molecule has 0 fully saturated rings. The first kappa shape index (κ1) is 42.0. The maximum atomic E-state index is 14.4. The third-order valence-corrected chi connectivity index (χ3v) is 15.5. The molecule has 0 saturated heterocycles. The second kappa shape index (κ2) is 15.6. The minimum atomic E-state index is -0.318. The standard InChI is InChI=1S/C68H36F2N2O5/c69-39-11-15-41(16-12-39)71(45-21-25-51-61(31-45)73-57-27-9-37-5-1-3-7-47(37)67(51)57)43-19-23-49-53-33-65-55(35-63(53)75-59(49)29-43)56-36-64-54(34-66(56)77-65)50-24-20-44(30-60(50)76-64)72(42-17-13-40(70)14-18-42)46-22-26-52-62(32-46)74-58-28-10-38-6-2-4-8-48(38)68(52)58/h1-36H. The van der Waals surface area contributed by atoms with Crippen LogP contribution in [0.5, 0.6) is 0 Å². The summed E-state index contributed by atoms with van der Waals surface area (Å²) in [5, 5.41) is 14.3. The quantitative estimate of drug-likeness (QED) is 0.164. The Labute approximate surface area is 434 Å². The van der Waals surface area contributed by atoms with Crippen LogP contribution in [-0.2, 0) is 0 Å². The molecule has 5 aromatic heterocycles. The summed E-state index contributed by atoms with van der Waals surface area (Å²) in [6.07, 6.45) is 0. The molecule has 0 spiro atoms. The molecule has 0 atom stereocenters. The van der Waals surface area contributed by atoms with Gasteiger partial charge in [-0.1, -0.05) is 60.7 Å². The summed E-state index contributed by atoms with van der Waals surface area (Å²) >= 11 is 0. The summed E-state index contributed by atoms with van der Waals surface area (Å²) in [6.45, 7) is 0. The maximum Gasteiger partial charge on any atom is 0.137 e. The fourth-order valence-electron chi connectivity index (χ4n) is 12.0. The van der Waals surface area contributed by atoms with E-state index < -0.39 is 0 Å². The normalized spacial score (nSPS) is 12.3. The van der Waals surface area contributed by atoms with Crippen molar-refractivity contribution >= 4 is 165 Å². The van der Waals surface area contributed by atoms with Gasteiger partial charge in [-0.15, -0.1) is 0 Å². The highest BCUT2D eigenvalue weighted by Crippen LogP contribution is 2.46. The Balaban J connectivity index is 0.754. The number of anilines is 6. The molecule has 9 heteroatoms. The summed E-state index contributed by atoms with van der Waals surface area (Å²) in [5.74, 6) is -0.636. The zero-order valence-corrected chi connectivity index (χ0v) is 40.5. The molecule has 17 aromatic rings. The van der Waals surface area contributed by atoms with Crippen molar-refractivity contribution in [1.82, 2.24) is 0 Å². The average Bonchev–Trinajstić information content (AvgIpc) is 4.37. The molecule has 77 heavy (non-hydrogen) atoms. The lowest BCUT2D eigenvalue weighted by atomic mass is 10.0. The van der Waals surface area contributed by atoms with E-state index in [0.717, 1.165) is 143 Å². The third kappa shape index (κ3) is 6.28. The van der Waals surface area contributed by atoms with Gasteiger partial charge in [-0.2, -0.15) is 0 Å². The van der Waals surface area contributed by atoms with Gasteiger partial charge in [0.2, 0.25) is 0 Å². The number of benzene rings is 12. The van der Waals surface area contributed by atoms with Crippen LogP contribution in [0.25, 0.3) is 131 Å². The first-order valence-corrected chi connectivity index (χ1v) is 25.4. The van der Waals surface area contributed by atoms with Crippen LogP contribution in [0, 0.1) is 11.6 Å². The van der Waals surface area contributed by atoms with Crippen molar-refractivity contribution < 1.29 is 30.9 Å². The van der Waals surface area contributed by atoms with E-state index in [4.69, 9.17) is 22.1 Å². The van der Waals surface area contributed by atoms with Gasteiger partial charge in [-0.25, -0.2) is 8.78 Å². The molecule has 7 nitrogen and oxygen atoms in total. The lowest BCUT2D eigenvalue weighted by Crippen LogP contribution is -2.09. The minimum absolute atomic E-state index is 0.318. The van der Waals surface area contributed by atoms with Crippen molar-refractivity contribution in [2.45, 2.75) is 0 Å². The second-order valence-electron chi connectivity index (χ2n) is 19.9. The van der Waals surface area contributed by atoms with E-state index in [2.05, 4.69) is 94.7 Å². The van der Waals surface area contributed by atoms with E-state index in [0.29, 0.717) is 22.3 Å². The lowest BCUT2D eigenvalue weighted by molar-refractivity contribution is 0.627. The highest BCUT2D eigenvalue weighted by atomic mass is 19.1. The Bertz CT molecular complexity index is 5000. The van der Waals surface area contributed by atoms with Crippen molar-refractivity contribution in [3.05, 3.63) is 230 Å². The number of nitrogens with zero attached hydrogens (tertiary/aromatic N) is 2. The van der Waals surface area contributed by atoms with Gasteiger partial charge in [0.25, 0.3) is 0 Å². The van der Waals surface area contributed by atoms with Gasteiger partial charge in [-0.05, 0) is 155 Å². The molecule has 0 aliphatic carbocycles. The van der Waals surface area contributed by atoms with Gasteiger partial charge in [0.1, 0.15) is 67.5 Å². The SMILES string of the molecule is Fc1ccc(N(c2ccc3c(c2)oc2cc4c(cc23)oc2cc3c(cc24)oc2cc(N(c4ccc(F)cc4)c4ccc5c(c4)oc4ccc6ccccc6c45)ccc23)c2ccc3c(c2)oc2ccc4ccccc4c23)cc1. The molecule has 17 rings (SSSR count). The predicted octanol–water partition coefficient (Wildman–Crippen LogP) is 20.7. The molecule has 0 radical (unpaired) electrons. The number of fused-ring (bicyclic) bond motifs is 19. The summed E-state index contributed by atoms with van der Waals surface area (Å²) in [4.78, 5) is 4.17. The third-order valence-electron chi connectivity index (χ3n) is 15.5. The first-order valence-electron chi connectivity index (χ1n) is 25.4. The van der Waals surface area contributed by atoms with Crippen LogP contribution in [0.3, 0.4) is 0 Å². The lowest BCUT2D eigenvalue weighted by Gasteiger charge is -2.25. The van der Waals surface area contributed by atoms with Crippen LogP contribution in [0.1, 0.15) is 0 Å². The molecular weight excluding hydrogens is 963 g/mol. The monoisotopic (exact) mass is 998 g/mol. The van der Waals surface area contributed by atoms with Crippen LogP contribution >= 0.6 is 0 Å². The molecular formula is C68H36F2N2O5. The largest absolute Gasteiger partial charge is 0.456 e. The van der Waals surface area contributed by atoms with E-state index in [-0.39, 0.29) is 11.6 Å². The van der Waals surface area contributed by atoms with Gasteiger partial charge in [-0.3, -0.25) is 0 Å². The van der Waals surface area contributed by atoms with E-state index in [1.54, 1.807) is 24.3 Å². The van der Waals surface area contributed by atoms with Crippen LogP contribution in [0.2, 0.25) is 0 Å². The number of hydrogen-bond donors (Lipinski definition) is 0. The van der Waals surface area contributed by atoms with E-state index in [9.17, 15) is 8.78 Å². The molecule has 0 aliphatic rings. The summed E-state index contributed by atoms with van der Waals surface area (Å²) in [6, 6.07) is 70.8. The topological polar surface area (TPSA) is 72.2 Å². The van der Waals surface area contributed by atoms with Crippen molar-refractivity contribution in [3.8, 4) is 0 Å². The van der Waals surface area contributed by atoms with E-state index in [1.807, 2.05) is 84.9 Å². The average molecular weight is 999 g/mol. The molecule has 5 heterocycles.